The molecule has 19 heavy (non-hydrogen) atoms. The van der Waals surface area contributed by atoms with Crippen LogP contribution in [-0.4, -0.2) is 16.4 Å². The van der Waals surface area contributed by atoms with Gasteiger partial charge in [-0.3, -0.25) is 5.43 Å². The molecule has 0 spiro atoms. The lowest BCUT2D eigenvalue weighted by atomic mass is 10.2. The summed E-state index contributed by atoms with van der Waals surface area (Å²) in [5.41, 5.74) is 3.80. The van der Waals surface area contributed by atoms with Crippen LogP contribution in [-0.2, 0) is 0 Å². The number of benzene rings is 2. The number of halogens is 2. The van der Waals surface area contributed by atoms with Gasteiger partial charge in [-0.05, 0) is 30.3 Å². The molecule has 2 rings (SSSR count). The zero-order chi connectivity index (χ0) is 13.8. The SMILES string of the molecule is Oc1ccc(/C=N/Nc2ccc(Cl)cc2Cl)c(O)c1. The zero-order valence-electron chi connectivity index (χ0n) is 9.64. The van der Waals surface area contributed by atoms with Crippen LogP contribution in [0.2, 0.25) is 10.0 Å². The van der Waals surface area contributed by atoms with E-state index in [1.165, 1.54) is 18.3 Å². The number of hydrogen-bond acceptors (Lipinski definition) is 4. The molecular weight excluding hydrogens is 287 g/mol. The molecule has 4 nitrogen and oxygen atoms in total. The lowest BCUT2D eigenvalue weighted by Gasteiger charge is -2.03. The van der Waals surface area contributed by atoms with Crippen molar-refractivity contribution in [3.63, 3.8) is 0 Å². The number of anilines is 1. The highest BCUT2D eigenvalue weighted by molar-refractivity contribution is 6.36. The van der Waals surface area contributed by atoms with Gasteiger partial charge in [0.1, 0.15) is 11.5 Å². The molecular formula is C13H10Cl2N2O2. The Morgan fingerprint density at radius 3 is 2.53 bits per heavy atom. The highest BCUT2D eigenvalue weighted by Gasteiger charge is 2.01. The predicted molar refractivity (Wildman–Crippen MR) is 77.5 cm³/mol. The van der Waals surface area contributed by atoms with E-state index >= 15 is 0 Å². The summed E-state index contributed by atoms with van der Waals surface area (Å²) in [5.74, 6) is -0.0730. The van der Waals surface area contributed by atoms with Gasteiger partial charge >= 0.3 is 0 Å². The first kappa shape index (κ1) is 13.5. The summed E-state index contributed by atoms with van der Waals surface area (Å²) >= 11 is 11.7. The van der Waals surface area contributed by atoms with E-state index in [-0.39, 0.29) is 11.5 Å². The minimum Gasteiger partial charge on any atom is -0.508 e. The van der Waals surface area contributed by atoms with Crippen molar-refractivity contribution in [3.8, 4) is 11.5 Å². The number of phenols is 2. The molecule has 0 aliphatic carbocycles. The van der Waals surface area contributed by atoms with Crippen molar-refractivity contribution in [3.05, 3.63) is 52.0 Å². The Bertz CT molecular complexity index is 630. The van der Waals surface area contributed by atoms with Crippen molar-refractivity contribution in [1.82, 2.24) is 0 Å². The van der Waals surface area contributed by atoms with Gasteiger partial charge in [0, 0.05) is 16.7 Å². The molecule has 0 atom stereocenters. The number of rotatable bonds is 3. The third-order valence-electron chi connectivity index (χ3n) is 2.33. The monoisotopic (exact) mass is 296 g/mol. The van der Waals surface area contributed by atoms with Gasteiger partial charge in [0.05, 0.1) is 16.9 Å². The number of phenolic OH excluding ortho intramolecular Hbond substituents is 2. The molecule has 98 valence electrons. The fraction of sp³-hybridized carbons (Fsp3) is 0. The Labute approximate surface area is 119 Å². The molecule has 0 saturated heterocycles. The Morgan fingerprint density at radius 1 is 1.05 bits per heavy atom. The molecule has 6 heteroatoms. The van der Waals surface area contributed by atoms with E-state index in [0.717, 1.165) is 0 Å². The summed E-state index contributed by atoms with van der Waals surface area (Å²) in [4.78, 5) is 0. The van der Waals surface area contributed by atoms with Gasteiger partial charge in [0.25, 0.3) is 0 Å². The maximum atomic E-state index is 9.56. The number of nitrogens with zero attached hydrogens (tertiary/aromatic N) is 1. The van der Waals surface area contributed by atoms with Crippen LogP contribution in [0.1, 0.15) is 5.56 Å². The van der Waals surface area contributed by atoms with Gasteiger partial charge in [-0.15, -0.1) is 0 Å². The van der Waals surface area contributed by atoms with E-state index in [0.29, 0.717) is 21.3 Å². The highest BCUT2D eigenvalue weighted by atomic mass is 35.5. The predicted octanol–water partition coefficient (Wildman–Crippen LogP) is 3.85. The molecule has 0 fully saturated rings. The smallest absolute Gasteiger partial charge is 0.128 e. The van der Waals surface area contributed by atoms with Crippen molar-refractivity contribution in [2.75, 3.05) is 5.43 Å². The van der Waals surface area contributed by atoms with Crippen LogP contribution in [0, 0.1) is 0 Å². The second-order valence-corrected chi connectivity index (χ2v) is 4.58. The van der Waals surface area contributed by atoms with E-state index in [1.807, 2.05) is 0 Å². The fourth-order valence-corrected chi connectivity index (χ4v) is 1.84. The minimum atomic E-state index is -0.0623. The van der Waals surface area contributed by atoms with Gasteiger partial charge < -0.3 is 10.2 Å². The van der Waals surface area contributed by atoms with Crippen LogP contribution in [0.3, 0.4) is 0 Å². The summed E-state index contributed by atoms with van der Waals surface area (Å²) in [7, 11) is 0. The molecule has 0 aromatic heterocycles. The highest BCUT2D eigenvalue weighted by Crippen LogP contribution is 2.25. The van der Waals surface area contributed by atoms with Gasteiger partial charge in [-0.25, -0.2) is 0 Å². The van der Waals surface area contributed by atoms with Gasteiger partial charge in [0.2, 0.25) is 0 Å². The van der Waals surface area contributed by atoms with Crippen LogP contribution < -0.4 is 5.43 Å². The molecule has 2 aromatic carbocycles. The summed E-state index contributed by atoms with van der Waals surface area (Å²) in [6, 6.07) is 9.20. The minimum absolute atomic E-state index is 0.0108. The Morgan fingerprint density at radius 2 is 1.84 bits per heavy atom. The summed E-state index contributed by atoms with van der Waals surface area (Å²) in [6.45, 7) is 0. The number of nitrogens with one attached hydrogen (secondary N) is 1. The van der Waals surface area contributed by atoms with E-state index in [9.17, 15) is 5.11 Å². The Balaban J connectivity index is 2.11. The van der Waals surface area contributed by atoms with E-state index in [2.05, 4.69) is 10.5 Å². The molecule has 0 unspecified atom stereocenters. The zero-order valence-corrected chi connectivity index (χ0v) is 11.2. The average Bonchev–Trinajstić information content (AvgIpc) is 2.34. The first-order valence-electron chi connectivity index (χ1n) is 5.32. The summed E-state index contributed by atoms with van der Waals surface area (Å²) in [5, 5.41) is 23.6. The maximum Gasteiger partial charge on any atom is 0.128 e. The van der Waals surface area contributed by atoms with Crippen molar-refractivity contribution >= 4 is 35.1 Å². The molecule has 0 saturated carbocycles. The maximum absolute atomic E-state index is 9.56. The third kappa shape index (κ3) is 3.53. The third-order valence-corrected chi connectivity index (χ3v) is 2.88. The van der Waals surface area contributed by atoms with Gasteiger partial charge in [0.15, 0.2) is 0 Å². The van der Waals surface area contributed by atoms with Crippen LogP contribution in [0.15, 0.2) is 41.5 Å². The molecule has 3 N–H and O–H groups in total. The van der Waals surface area contributed by atoms with Crippen LogP contribution in [0.4, 0.5) is 5.69 Å². The fourth-order valence-electron chi connectivity index (χ4n) is 1.39. The van der Waals surface area contributed by atoms with E-state index in [4.69, 9.17) is 28.3 Å². The number of aromatic hydroxyl groups is 2. The number of hydrogen-bond donors (Lipinski definition) is 3. The van der Waals surface area contributed by atoms with Crippen molar-refractivity contribution in [2.45, 2.75) is 0 Å². The second kappa shape index (κ2) is 5.82. The van der Waals surface area contributed by atoms with Crippen LogP contribution >= 0.6 is 23.2 Å². The Kier molecular flexibility index (Phi) is 4.14. The van der Waals surface area contributed by atoms with E-state index in [1.54, 1.807) is 24.3 Å². The number of hydrazone groups is 1. The van der Waals surface area contributed by atoms with Crippen molar-refractivity contribution in [1.29, 1.82) is 0 Å². The second-order valence-electron chi connectivity index (χ2n) is 3.74. The molecule has 0 heterocycles. The lowest BCUT2D eigenvalue weighted by molar-refractivity contribution is 0.450. The normalized spacial score (nSPS) is 10.8. The molecule has 0 aliphatic rings. The Hall–Kier alpha value is -1.91. The van der Waals surface area contributed by atoms with Crippen molar-refractivity contribution < 1.29 is 10.2 Å². The van der Waals surface area contributed by atoms with Crippen LogP contribution in [0.5, 0.6) is 11.5 Å². The van der Waals surface area contributed by atoms with Gasteiger partial charge in [-0.2, -0.15) is 5.10 Å². The molecule has 0 bridgehead atoms. The van der Waals surface area contributed by atoms with Gasteiger partial charge in [-0.1, -0.05) is 23.2 Å². The first-order chi connectivity index (χ1) is 9.06. The first-order valence-corrected chi connectivity index (χ1v) is 6.08. The van der Waals surface area contributed by atoms with E-state index < -0.39 is 0 Å². The summed E-state index contributed by atoms with van der Waals surface area (Å²) in [6.07, 6.45) is 1.42. The topological polar surface area (TPSA) is 64.9 Å². The van der Waals surface area contributed by atoms with Crippen LogP contribution in [0.25, 0.3) is 0 Å². The summed E-state index contributed by atoms with van der Waals surface area (Å²) < 4.78 is 0. The molecule has 0 radical (unpaired) electrons. The quantitative estimate of drug-likeness (QED) is 0.595. The molecule has 2 aromatic rings. The average molecular weight is 297 g/mol. The standard InChI is InChI=1S/C13H10Cl2N2O2/c14-9-2-4-12(11(15)5-9)17-16-7-8-1-3-10(18)6-13(8)19/h1-7,17-19H/b16-7+. The molecule has 0 aliphatic heterocycles. The lowest BCUT2D eigenvalue weighted by Crippen LogP contribution is -1.91. The largest absolute Gasteiger partial charge is 0.508 e. The molecule has 0 amide bonds. The van der Waals surface area contributed by atoms with Crippen molar-refractivity contribution in [2.24, 2.45) is 5.10 Å².